The molecule has 3 aromatic rings. The molecule has 3 aromatic carbocycles. The molecule has 0 atom stereocenters. The highest BCUT2D eigenvalue weighted by Crippen LogP contribution is 2.27. The van der Waals surface area contributed by atoms with E-state index in [4.69, 9.17) is 16.3 Å². The van der Waals surface area contributed by atoms with Gasteiger partial charge in [-0.2, -0.15) is 5.26 Å². The van der Waals surface area contributed by atoms with Crippen molar-refractivity contribution in [3.63, 3.8) is 0 Å². The molecule has 0 saturated heterocycles. The zero-order valence-corrected chi connectivity index (χ0v) is 17.2. The number of nitrogens with zero attached hydrogens (tertiary/aromatic N) is 2. The van der Waals surface area contributed by atoms with Crippen LogP contribution in [0.3, 0.4) is 0 Å². The van der Waals surface area contributed by atoms with Crippen LogP contribution < -0.4 is 10.1 Å². The topological polar surface area (TPSA) is 105 Å². The molecule has 0 aromatic heterocycles. The lowest BCUT2D eigenvalue weighted by Crippen LogP contribution is -2.14. The number of rotatable bonds is 7. The van der Waals surface area contributed by atoms with E-state index < -0.39 is 10.8 Å². The minimum atomic E-state index is -0.758. The van der Waals surface area contributed by atoms with Crippen molar-refractivity contribution in [3.8, 4) is 11.8 Å². The second-order valence-corrected chi connectivity index (χ2v) is 6.94. The smallest absolute Gasteiger partial charge is 0.271 e. The van der Waals surface area contributed by atoms with Crippen molar-refractivity contribution in [1.82, 2.24) is 0 Å². The highest BCUT2D eigenvalue weighted by atomic mass is 35.5. The second-order valence-electron chi connectivity index (χ2n) is 6.53. The zero-order chi connectivity index (χ0) is 23.1. The first kappa shape index (κ1) is 22.5. The molecule has 0 fully saturated rings. The Labute approximate surface area is 187 Å². The van der Waals surface area contributed by atoms with Crippen LogP contribution >= 0.6 is 11.6 Å². The van der Waals surface area contributed by atoms with Gasteiger partial charge in [-0.25, -0.2) is 4.39 Å². The molecule has 0 radical (unpaired) electrons. The minimum Gasteiger partial charge on any atom is -0.489 e. The van der Waals surface area contributed by atoms with Crippen LogP contribution in [0.1, 0.15) is 11.1 Å². The lowest BCUT2D eigenvalue weighted by molar-refractivity contribution is -0.384. The summed E-state index contributed by atoms with van der Waals surface area (Å²) in [5.41, 5.74) is 0.933. The van der Waals surface area contributed by atoms with Crippen LogP contribution in [0.25, 0.3) is 6.08 Å². The van der Waals surface area contributed by atoms with Gasteiger partial charge in [0.2, 0.25) is 0 Å². The van der Waals surface area contributed by atoms with Crippen LogP contribution in [-0.4, -0.2) is 10.8 Å². The van der Waals surface area contributed by atoms with Crippen LogP contribution in [0.2, 0.25) is 5.02 Å². The Morgan fingerprint density at radius 2 is 1.84 bits per heavy atom. The fraction of sp³-hybridized carbons (Fsp3) is 0.0435. The number of non-ortho nitro benzene ring substituents is 1. The summed E-state index contributed by atoms with van der Waals surface area (Å²) in [4.78, 5) is 22.7. The lowest BCUT2D eigenvalue weighted by Gasteiger charge is -2.08. The maximum Gasteiger partial charge on any atom is 0.271 e. The summed E-state index contributed by atoms with van der Waals surface area (Å²) in [5.74, 6) is -0.528. The number of anilines is 1. The summed E-state index contributed by atoms with van der Waals surface area (Å²) < 4.78 is 18.6. The van der Waals surface area contributed by atoms with E-state index in [1.807, 2.05) is 0 Å². The molecule has 0 bridgehead atoms. The van der Waals surface area contributed by atoms with E-state index in [-0.39, 0.29) is 34.4 Å². The van der Waals surface area contributed by atoms with Crippen LogP contribution in [0.15, 0.2) is 72.3 Å². The molecule has 9 heteroatoms. The van der Waals surface area contributed by atoms with Gasteiger partial charge in [-0.15, -0.1) is 0 Å². The first-order chi connectivity index (χ1) is 15.4. The van der Waals surface area contributed by atoms with Crippen molar-refractivity contribution < 1.29 is 18.8 Å². The first-order valence-corrected chi connectivity index (χ1v) is 9.58. The summed E-state index contributed by atoms with van der Waals surface area (Å²) in [6, 6.07) is 18.0. The van der Waals surface area contributed by atoms with Gasteiger partial charge in [-0.3, -0.25) is 14.9 Å². The van der Waals surface area contributed by atoms with Gasteiger partial charge in [0.15, 0.2) is 0 Å². The van der Waals surface area contributed by atoms with E-state index in [0.717, 1.165) is 11.6 Å². The summed E-state index contributed by atoms with van der Waals surface area (Å²) in [7, 11) is 0. The Balaban J connectivity index is 1.68. The van der Waals surface area contributed by atoms with Crippen molar-refractivity contribution in [1.29, 1.82) is 5.26 Å². The van der Waals surface area contributed by atoms with Crippen molar-refractivity contribution in [2.24, 2.45) is 0 Å². The quantitative estimate of drug-likeness (QED) is 0.220. The average Bonchev–Trinajstić information content (AvgIpc) is 2.79. The molecule has 0 heterocycles. The fourth-order valence-electron chi connectivity index (χ4n) is 2.64. The molecule has 3 rings (SSSR count). The van der Waals surface area contributed by atoms with Gasteiger partial charge in [-0.1, -0.05) is 35.9 Å². The van der Waals surface area contributed by atoms with Crippen molar-refractivity contribution >= 4 is 35.0 Å². The number of hydrogen-bond donors (Lipinski definition) is 1. The first-order valence-electron chi connectivity index (χ1n) is 9.20. The number of nitriles is 1. The van der Waals surface area contributed by atoms with E-state index in [0.29, 0.717) is 11.3 Å². The standard InChI is InChI=1S/C23H15ClFN3O4/c24-21-10-7-19(28(30)31)12-22(21)27-23(29)17(13-26)11-15-3-8-20(9-4-15)32-14-16-1-5-18(25)6-2-16/h1-12H,14H2,(H,27,29)/b17-11+. The van der Waals surface area contributed by atoms with Gasteiger partial charge in [0.1, 0.15) is 29.8 Å². The Hall–Kier alpha value is -4.22. The number of nitro groups is 1. The molecule has 0 saturated carbocycles. The SMILES string of the molecule is N#C/C(=C\c1ccc(OCc2ccc(F)cc2)cc1)C(=O)Nc1cc([N+](=O)[O-])ccc1Cl. The van der Waals surface area contributed by atoms with Gasteiger partial charge in [-0.05, 0) is 47.5 Å². The molecular weight excluding hydrogens is 437 g/mol. The molecule has 32 heavy (non-hydrogen) atoms. The number of hydrogen-bond acceptors (Lipinski definition) is 5. The molecule has 160 valence electrons. The maximum atomic E-state index is 12.9. The van der Waals surface area contributed by atoms with Crippen LogP contribution in [0.4, 0.5) is 15.8 Å². The number of carbonyl (C=O) groups is 1. The Kier molecular flexibility index (Phi) is 7.16. The van der Waals surface area contributed by atoms with E-state index in [9.17, 15) is 24.6 Å². The number of benzene rings is 3. The van der Waals surface area contributed by atoms with Crippen LogP contribution in [0.5, 0.6) is 5.75 Å². The summed E-state index contributed by atoms with van der Waals surface area (Å²) >= 11 is 5.98. The minimum absolute atomic E-state index is 0.0246. The third-order valence-electron chi connectivity index (χ3n) is 4.28. The van der Waals surface area contributed by atoms with Crippen LogP contribution in [0, 0.1) is 27.3 Å². The van der Waals surface area contributed by atoms with Gasteiger partial charge >= 0.3 is 0 Å². The second kappa shape index (κ2) is 10.2. The predicted octanol–water partition coefficient (Wildman–Crippen LogP) is 5.51. The highest BCUT2D eigenvalue weighted by Gasteiger charge is 2.15. The summed E-state index contributed by atoms with van der Waals surface area (Å²) in [6.07, 6.45) is 1.37. The normalized spacial score (nSPS) is 10.8. The van der Waals surface area contributed by atoms with E-state index >= 15 is 0 Å². The van der Waals surface area contributed by atoms with Gasteiger partial charge < -0.3 is 10.1 Å². The molecule has 0 aliphatic heterocycles. The third kappa shape index (κ3) is 5.90. The molecule has 7 nitrogen and oxygen atoms in total. The van der Waals surface area contributed by atoms with Crippen molar-refractivity contribution in [2.45, 2.75) is 6.61 Å². The maximum absolute atomic E-state index is 12.9. The molecular formula is C23H15ClFN3O4. The molecule has 0 aliphatic rings. The van der Waals surface area contributed by atoms with Gasteiger partial charge in [0, 0.05) is 12.1 Å². The monoisotopic (exact) mass is 451 g/mol. The van der Waals surface area contributed by atoms with Crippen LogP contribution in [-0.2, 0) is 11.4 Å². The third-order valence-corrected chi connectivity index (χ3v) is 4.61. The highest BCUT2D eigenvalue weighted by molar-refractivity contribution is 6.34. The van der Waals surface area contributed by atoms with Gasteiger partial charge in [0.25, 0.3) is 11.6 Å². The number of nitrogens with one attached hydrogen (secondary N) is 1. The molecule has 0 unspecified atom stereocenters. The number of nitro benzene ring substituents is 1. The summed E-state index contributed by atoms with van der Waals surface area (Å²) in [6.45, 7) is 0.255. The van der Waals surface area contributed by atoms with Crippen molar-refractivity contribution in [2.75, 3.05) is 5.32 Å². The fourth-order valence-corrected chi connectivity index (χ4v) is 2.80. The largest absolute Gasteiger partial charge is 0.489 e. The Bertz CT molecular complexity index is 1220. The van der Waals surface area contributed by atoms with E-state index in [2.05, 4.69) is 5.32 Å². The van der Waals surface area contributed by atoms with E-state index in [1.54, 1.807) is 42.5 Å². The Morgan fingerprint density at radius 3 is 2.47 bits per heavy atom. The molecule has 0 aliphatic carbocycles. The zero-order valence-electron chi connectivity index (χ0n) is 16.4. The lowest BCUT2D eigenvalue weighted by atomic mass is 10.1. The Morgan fingerprint density at radius 1 is 1.16 bits per heavy atom. The van der Waals surface area contributed by atoms with Crippen molar-refractivity contribution in [3.05, 3.63) is 104 Å². The average molecular weight is 452 g/mol. The molecule has 0 spiro atoms. The molecule has 1 N–H and O–H groups in total. The number of carbonyl (C=O) groups excluding carboxylic acids is 1. The number of ether oxygens (including phenoxy) is 1. The molecule has 1 amide bonds. The number of halogens is 2. The summed E-state index contributed by atoms with van der Waals surface area (Å²) in [5, 5.41) is 22.8. The van der Waals surface area contributed by atoms with Gasteiger partial charge in [0.05, 0.1) is 15.6 Å². The predicted molar refractivity (Wildman–Crippen MR) is 118 cm³/mol. The van der Waals surface area contributed by atoms with E-state index in [1.165, 1.54) is 30.3 Å². The number of amides is 1.